The minimum absolute atomic E-state index is 0.0487. The van der Waals surface area contributed by atoms with E-state index in [4.69, 9.17) is 16.3 Å². The van der Waals surface area contributed by atoms with E-state index in [-0.39, 0.29) is 18.4 Å². The molecule has 0 heterocycles. The second-order valence-corrected chi connectivity index (χ2v) is 5.66. The molecule has 0 fully saturated rings. The smallest absolute Gasteiger partial charge is 0.251 e. The summed E-state index contributed by atoms with van der Waals surface area (Å²) < 4.78 is 5.09. The Hall–Kier alpha value is -2.73. The van der Waals surface area contributed by atoms with Crippen LogP contribution in [0.25, 0.3) is 0 Å². The number of hydrogen-bond donors (Lipinski definition) is 3. The number of anilines is 1. The number of rotatable bonds is 7. The van der Waals surface area contributed by atoms with Crippen molar-refractivity contribution < 1.29 is 14.3 Å². The molecule has 0 radical (unpaired) electrons. The van der Waals surface area contributed by atoms with Crippen LogP contribution in [0, 0.1) is 0 Å². The fourth-order valence-corrected chi connectivity index (χ4v) is 2.31. The summed E-state index contributed by atoms with van der Waals surface area (Å²) in [6.45, 7) is 0.462. The lowest BCUT2D eigenvalue weighted by Crippen LogP contribution is -2.29. The van der Waals surface area contributed by atoms with Crippen molar-refractivity contribution in [3.63, 3.8) is 0 Å². The summed E-state index contributed by atoms with van der Waals surface area (Å²) in [4.78, 5) is 23.6. The third kappa shape index (κ3) is 5.39. The second-order valence-electron chi connectivity index (χ2n) is 5.25. The minimum atomic E-state index is -0.219. The average Bonchev–Trinajstić information content (AvgIpc) is 2.65. The van der Waals surface area contributed by atoms with Gasteiger partial charge in [-0.05, 0) is 35.9 Å². The largest absolute Gasteiger partial charge is 0.497 e. The molecule has 0 spiro atoms. The van der Waals surface area contributed by atoms with Crippen LogP contribution in [0.5, 0.6) is 5.75 Å². The van der Waals surface area contributed by atoms with Crippen molar-refractivity contribution in [3.05, 3.63) is 58.6 Å². The lowest BCUT2D eigenvalue weighted by atomic mass is 10.2. The maximum atomic E-state index is 12.0. The molecule has 2 rings (SSSR count). The first kappa shape index (κ1) is 18.6. The van der Waals surface area contributed by atoms with Crippen molar-refractivity contribution in [2.24, 2.45) is 0 Å². The summed E-state index contributed by atoms with van der Waals surface area (Å²) in [5.41, 5.74) is 1.96. The normalized spacial score (nSPS) is 10.0. The number of methoxy groups -OCH3 is 1. The zero-order valence-corrected chi connectivity index (χ0v) is 14.8. The van der Waals surface area contributed by atoms with Crippen LogP contribution in [-0.4, -0.2) is 32.5 Å². The highest BCUT2D eigenvalue weighted by atomic mass is 35.5. The summed E-state index contributed by atoms with van der Waals surface area (Å²) >= 11 is 6.09. The molecule has 2 aromatic carbocycles. The van der Waals surface area contributed by atoms with Gasteiger partial charge in [-0.1, -0.05) is 23.7 Å². The number of amides is 2. The molecule has 2 amide bonds. The van der Waals surface area contributed by atoms with Crippen LogP contribution in [0.3, 0.4) is 0 Å². The van der Waals surface area contributed by atoms with Crippen LogP contribution in [-0.2, 0) is 11.3 Å². The number of carbonyl (C=O) groups excluding carboxylic acids is 2. The zero-order chi connectivity index (χ0) is 18.2. The number of nitrogens with one attached hydrogen (secondary N) is 3. The van der Waals surface area contributed by atoms with Crippen molar-refractivity contribution >= 4 is 29.1 Å². The molecule has 25 heavy (non-hydrogen) atoms. The molecule has 0 aliphatic heterocycles. The second kappa shape index (κ2) is 8.94. The van der Waals surface area contributed by atoms with Gasteiger partial charge >= 0.3 is 0 Å². The first-order valence-electron chi connectivity index (χ1n) is 7.68. The fourth-order valence-electron chi connectivity index (χ4n) is 2.13. The van der Waals surface area contributed by atoms with Gasteiger partial charge in [0.15, 0.2) is 0 Å². The highest BCUT2D eigenvalue weighted by Gasteiger charge is 2.09. The molecule has 132 valence electrons. The SMILES string of the molecule is CNC(=O)c1ccc(Cl)c(NCC(=O)NCc2ccc(OC)cc2)c1. The van der Waals surface area contributed by atoms with Gasteiger partial charge in [-0.2, -0.15) is 0 Å². The predicted octanol–water partition coefficient (Wildman–Crippen LogP) is 2.44. The van der Waals surface area contributed by atoms with Gasteiger partial charge in [0.05, 0.1) is 24.4 Å². The summed E-state index contributed by atoms with van der Waals surface area (Å²) in [5.74, 6) is 0.364. The quantitative estimate of drug-likeness (QED) is 0.707. The standard InChI is InChI=1S/C18H20ClN3O3/c1-20-18(24)13-5-8-15(19)16(9-13)21-11-17(23)22-10-12-3-6-14(25-2)7-4-12/h3-9,21H,10-11H2,1-2H3,(H,20,24)(H,22,23). The zero-order valence-electron chi connectivity index (χ0n) is 14.1. The Labute approximate surface area is 151 Å². The third-order valence-corrected chi connectivity index (χ3v) is 3.87. The van der Waals surface area contributed by atoms with Crippen molar-refractivity contribution in [1.82, 2.24) is 10.6 Å². The molecule has 3 N–H and O–H groups in total. The van der Waals surface area contributed by atoms with Crippen LogP contribution < -0.4 is 20.7 Å². The van der Waals surface area contributed by atoms with Crippen molar-refractivity contribution in [2.75, 3.05) is 26.0 Å². The minimum Gasteiger partial charge on any atom is -0.497 e. The lowest BCUT2D eigenvalue weighted by Gasteiger charge is -2.11. The Kier molecular flexibility index (Phi) is 6.65. The van der Waals surface area contributed by atoms with Crippen LogP contribution in [0.2, 0.25) is 5.02 Å². The van der Waals surface area contributed by atoms with Crippen LogP contribution in [0.15, 0.2) is 42.5 Å². The van der Waals surface area contributed by atoms with E-state index in [0.717, 1.165) is 11.3 Å². The van der Waals surface area contributed by atoms with Gasteiger partial charge in [0.1, 0.15) is 5.75 Å². The van der Waals surface area contributed by atoms with Crippen LogP contribution in [0.4, 0.5) is 5.69 Å². The predicted molar refractivity (Wildman–Crippen MR) is 98.2 cm³/mol. The number of halogens is 1. The molecule has 0 aliphatic rings. The first-order valence-corrected chi connectivity index (χ1v) is 8.06. The molecule has 6 nitrogen and oxygen atoms in total. The summed E-state index contributed by atoms with van der Waals surface area (Å²) in [6, 6.07) is 12.3. The van der Waals surface area contributed by atoms with Gasteiger partial charge in [0.2, 0.25) is 5.91 Å². The molecule has 0 atom stereocenters. The van der Waals surface area contributed by atoms with Crippen molar-refractivity contribution in [1.29, 1.82) is 0 Å². The van der Waals surface area contributed by atoms with Crippen LogP contribution >= 0.6 is 11.6 Å². The number of benzene rings is 2. The fraction of sp³-hybridized carbons (Fsp3) is 0.222. The van der Waals surface area contributed by atoms with Crippen molar-refractivity contribution in [3.8, 4) is 5.75 Å². The molecule has 0 aromatic heterocycles. The molecule has 0 bridgehead atoms. The molecule has 2 aromatic rings. The Morgan fingerprint density at radius 3 is 2.48 bits per heavy atom. The number of ether oxygens (including phenoxy) is 1. The highest BCUT2D eigenvalue weighted by Crippen LogP contribution is 2.22. The maximum Gasteiger partial charge on any atom is 0.251 e. The molecular formula is C18H20ClN3O3. The van der Waals surface area contributed by atoms with Gasteiger partial charge < -0.3 is 20.7 Å². The number of carbonyl (C=O) groups is 2. The van der Waals surface area contributed by atoms with Gasteiger partial charge in [0.25, 0.3) is 5.91 Å². The molecule has 0 aliphatic carbocycles. The van der Waals surface area contributed by atoms with Gasteiger partial charge in [-0.15, -0.1) is 0 Å². The Balaban J connectivity index is 1.87. The molecular weight excluding hydrogens is 342 g/mol. The monoisotopic (exact) mass is 361 g/mol. The van der Waals surface area contributed by atoms with Gasteiger partial charge in [-0.3, -0.25) is 9.59 Å². The van der Waals surface area contributed by atoms with E-state index in [1.54, 1.807) is 32.4 Å². The van der Waals surface area contributed by atoms with Gasteiger partial charge in [-0.25, -0.2) is 0 Å². The van der Waals surface area contributed by atoms with Crippen molar-refractivity contribution in [2.45, 2.75) is 6.54 Å². The summed E-state index contributed by atoms with van der Waals surface area (Å²) in [5, 5.41) is 8.73. The lowest BCUT2D eigenvalue weighted by molar-refractivity contribution is -0.119. The molecule has 0 saturated carbocycles. The molecule has 7 heteroatoms. The highest BCUT2D eigenvalue weighted by molar-refractivity contribution is 6.33. The summed E-state index contributed by atoms with van der Waals surface area (Å²) in [6.07, 6.45) is 0. The van der Waals surface area contributed by atoms with E-state index in [2.05, 4.69) is 16.0 Å². The topological polar surface area (TPSA) is 79.5 Å². The third-order valence-electron chi connectivity index (χ3n) is 3.54. The average molecular weight is 362 g/mol. The Morgan fingerprint density at radius 1 is 1.12 bits per heavy atom. The Morgan fingerprint density at radius 2 is 1.84 bits per heavy atom. The molecule has 0 unspecified atom stereocenters. The summed E-state index contributed by atoms with van der Waals surface area (Å²) in [7, 11) is 3.16. The van der Waals surface area contributed by atoms with E-state index in [0.29, 0.717) is 22.8 Å². The number of hydrogen-bond acceptors (Lipinski definition) is 4. The van der Waals surface area contributed by atoms with E-state index in [1.807, 2.05) is 24.3 Å². The Bertz CT molecular complexity index is 748. The molecule has 0 saturated heterocycles. The van der Waals surface area contributed by atoms with Gasteiger partial charge in [0, 0.05) is 19.2 Å². The van der Waals surface area contributed by atoms with Crippen LogP contribution in [0.1, 0.15) is 15.9 Å². The van der Waals surface area contributed by atoms with E-state index >= 15 is 0 Å². The van der Waals surface area contributed by atoms with E-state index < -0.39 is 0 Å². The van der Waals surface area contributed by atoms with E-state index in [1.165, 1.54) is 0 Å². The maximum absolute atomic E-state index is 12.0. The first-order chi connectivity index (χ1) is 12.0. The van der Waals surface area contributed by atoms with E-state index in [9.17, 15) is 9.59 Å².